The van der Waals surface area contributed by atoms with E-state index in [0.717, 1.165) is 6.07 Å². The molecule has 1 heterocycles. The molecule has 1 aromatic carbocycles. The van der Waals surface area contributed by atoms with Crippen LogP contribution < -0.4 is 10.5 Å². The molecule has 0 aliphatic heterocycles. The third-order valence-corrected chi connectivity index (χ3v) is 2.46. The topological polar surface area (TPSA) is 48.1 Å². The molecule has 0 unspecified atom stereocenters. The summed E-state index contributed by atoms with van der Waals surface area (Å²) in [5.41, 5.74) is 5.36. The monoisotopic (exact) mass is 272 g/mol. The number of rotatable bonds is 2. The third kappa shape index (κ3) is 2.78. The molecule has 0 radical (unpaired) electrons. The zero-order valence-electron chi connectivity index (χ0n) is 8.45. The number of pyridine rings is 1. The predicted octanol–water partition coefficient (Wildman–Crippen LogP) is 3.90. The van der Waals surface area contributed by atoms with E-state index < -0.39 is 5.82 Å². The Morgan fingerprint density at radius 1 is 1.24 bits per heavy atom. The van der Waals surface area contributed by atoms with E-state index in [9.17, 15) is 4.39 Å². The lowest BCUT2D eigenvalue weighted by Gasteiger charge is -2.08. The van der Waals surface area contributed by atoms with Crippen molar-refractivity contribution >= 4 is 28.9 Å². The van der Waals surface area contributed by atoms with Crippen molar-refractivity contribution in [2.24, 2.45) is 0 Å². The van der Waals surface area contributed by atoms with Crippen LogP contribution in [0, 0.1) is 5.82 Å². The van der Waals surface area contributed by atoms with Crippen LogP contribution in [0.15, 0.2) is 30.3 Å². The summed E-state index contributed by atoms with van der Waals surface area (Å²) in [6.07, 6.45) is 0. The van der Waals surface area contributed by atoms with Gasteiger partial charge in [0.15, 0.2) is 0 Å². The number of ether oxygens (including phenoxy) is 1. The summed E-state index contributed by atoms with van der Waals surface area (Å²) in [4.78, 5) is 3.91. The maximum Gasteiger partial charge on any atom is 0.220 e. The highest BCUT2D eigenvalue weighted by Gasteiger charge is 2.09. The number of anilines is 1. The first-order valence-electron chi connectivity index (χ1n) is 4.61. The highest BCUT2D eigenvalue weighted by molar-refractivity contribution is 6.32. The van der Waals surface area contributed by atoms with Crippen LogP contribution in [0.3, 0.4) is 0 Å². The summed E-state index contributed by atoms with van der Waals surface area (Å²) < 4.78 is 18.4. The molecular formula is C11H7Cl2FN2O. The summed E-state index contributed by atoms with van der Waals surface area (Å²) in [7, 11) is 0. The smallest absolute Gasteiger partial charge is 0.220 e. The first kappa shape index (κ1) is 12.0. The Labute approximate surface area is 107 Å². The van der Waals surface area contributed by atoms with E-state index in [-0.39, 0.29) is 27.5 Å². The zero-order valence-corrected chi connectivity index (χ0v) is 9.97. The van der Waals surface area contributed by atoms with Crippen LogP contribution in [-0.4, -0.2) is 4.98 Å². The number of nitrogens with two attached hydrogens (primary N) is 1. The molecule has 0 bridgehead atoms. The van der Waals surface area contributed by atoms with Crippen molar-refractivity contribution in [2.45, 2.75) is 0 Å². The SMILES string of the molecule is Nc1cc(Oc2cccc(Cl)n2)c(Cl)cc1F. The van der Waals surface area contributed by atoms with Crippen LogP contribution in [0.1, 0.15) is 0 Å². The van der Waals surface area contributed by atoms with Gasteiger partial charge >= 0.3 is 0 Å². The van der Waals surface area contributed by atoms with Gasteiger partial charge in [-0.2, -0.15) is 0 Å². The lowest BCUT2D eigenvalue weighted by atomic mass is 10.3. The third-order valence-electron chi connectivity index (χ3n) is 1.96. The van der Waals surface area contributed by atoms with Crippen LogP contribution in [-0.2, 0) is 0 Å². The van der Waals surface area contributed by atoms with Crippen molar-refractivity contribution in [3.05, 3.63) is 46.3 Å². The highest BCUT2D eigenvalue weighted by Crippen LogP contribution is 2.32. The van der Waals surface area contributed by atoms with Gasteiger partial charge in [0.2, 0.25) is 5.88 Å². The van der Waals surface area contributed by atoms with E-state index in [1.54, 1.807) is 18.2 Å². The Balaban J connectivity index is 2.33. The van der Waals surface area contributed by atoms with Gasteiger partial charge in [0.05, 0.1) is 10.7 Å². The minimum Gasteiger partial charge on any atom is -0.437 e. The largest absolute Gasteiger partial charge is 0.437 e. The minimum absolute atomic E-state index is 0.0496. The Kier molecular flexibility index (Phi) is 3.36. The van der Waals surface area contributed by atoms with E-state index in [2.05, 4.69) is 4.98 Å². The van der Waals surface area contributed by atoms with E-state index in [1.807, 2.05) is 0 Å². The Hall–Kier alpha value is -1.52. The lowest BCUT2D eigenvalue weighted by molar-refractivity contribution is 0.462. The Bertz CT molecular complexity index is 563. The number of hydrogen-bond acceptors (Lipinski definition) is 3. The van der Waals surface area contributed by atoms with Crippen LogP contribution in [0.2, 0.25) is 10.2 Å². The molecule has 88 valence electrons. The van der Waals surface area contributed by atoms with E-state index in [4.69, 9.17) is 33.7 Å². The summed E-state index contributed by atoms with van der Waals surface area (Å²) in [6.45, 7) is 0. The van der Waals surface area contributed by atoms with E-state index in [1.165, 1.54) is 6.07 Å². The molecule has 2 rings (SSSR count). The van der Waals surface area contributed by atoms with Gasteiger partial charge in [-0.05, 0) is 12.1 Å². The van der Waals surface area contributed by atoms with Gasteiger partial charge in [0, 0.05) is 12.1 Å². The van der Waals surface area contributed by atoms with Crippen molar-refractivity contribution in [1.29, 1.82) is 0 Å². The molecule has 3 nitrogen and oxygen atoms in total. The molecule has 1 aromatic heterocycles. The van der Waals surface area contributed by atoms with Crippen LogP contribution in [0.25, 0.3) is 0 Å². The van der Waals surface area contributed by atoms with Gasteiger partial charge in [-0.3, -0.25) is 0 Å². The molecule has 2 N–H and O–H groups in total. The van der Waals surface area contributed by atoms with Gasteiger partial charge in [0.1, 0.15) is 16.7 Å². The summed E-state index contributed by atoms with van der Waals surface area (Å²) in [5.74, 6) is -0.118. The normalized spacial score (nSPS) is 10.3. The predicted molar refractivity (Wildman–Crippen MR) is 65.1 cm³/mol. The standard InChI is InChI=1S/C11H7Cl2FN2O/c12-6-4-7(14)8(15)5-9(6)17-11-3-1-2-10(13)16-11/h1-5H,15H2. The maximum atomic E-state index is 13.1. The van der Waals surface area contributed by atoms with Gasteiger partial charge in [0.25, 0.3) is 0 Å². The summed E-state index contributed by atoms with van der Waals surface area (Å²) in [6, 6.07) is 7.25. The van der Waals surface area contributed by atoms with E-state index >= 15 is 0 Å². The fourth-order valence-electron chi connectivity index (χ4n) is 1.18. The molecule has 0 amide bonds. The number of nitrogen functional groups attached to an aromatic ring is 1. The zero-order chi connectivity index (χ0) is 12.4. The second-order valence-corrected chi connectivity index (χ2v) is 4.00. The number of nitrogens with zero attached hydrogens (tertiary/aromatic N) is 1. The molecule has 0 saturated carbocycles. The van der Waals surface area contributed by atoms with Crippen molar-refractivity contribution in [3.63, 3.8) is 0 Å². The van der Waals surface area contributed by atoms with Gasteiger partial charge in [-0.25, -0.2) is 9.37 Å². The van der Waals surface area contributed by atoms with Crippen molar-refractivity contribution < 1.29 is 9.13 Å². The quantitative estimate of drug-likeness (QED) is 0.666. The highest BCUT2D eigenvalue weighted by atomic mass is 35.5. The van der Waals surface area contributed by atoms with E-state index in [0.29, 0.717) is 0 Å². The number of halogens is 3. The average molecular weight is 273 g/mol. The first-order chi connectivity index (χ1) is 8.06. The number of aromatic nitrogens is 1. The molecule has 0 spiro atoms. The van der Waals surface area contributed by atoms with Crippen molar-refractivity contribution in [3.8, 4) is 11.6 Å². The molecule has 0 atom stereocenters. The average Bonchev–Trinajstić information content (AvgIpc) is 2.26. The second-order valence-electron chi connectivity index (χ2n) is 3.20. The Morgan fingerprint density at radius 2 is 2.00 bits per heavy atom. The van der Waals surface area contributed by atoms with Gasteiger partial charge in [-0.1, -0.05) is 29.3 Å². The number of benzene rings is 1. The Morgan fingerprint density at radius 3 is 2.71 bits per heavy atom. The van der Waals surface area contributed by atoms with Crippen molar-refractivity contribution in [1.82, 2.24) is 4.98 Å². The molecule has 6 heteroatoms. The molecule has 0 aliphatic rings. The summed E-state index contributed by atoms with van der Waals surface area (Å²) in [5, 5.41) is 0.396. The molecule has 0 fully saturated rings. The van der Waals surface area contributed by atoms with Crippen LogP contribution in [0.5, 0.6) is 11.6 Å². The first-order valence-corrected chi connectivity index (χ1v) is 5.37. The molecular weight excluding hydrogens is 266 g/mol. The molecule has 2 aromatic rings. The van der Waals surface area contributed by atoms with Crippen molar-refractivity contribution in [2.75, 3.05) is 5.73 Å². The second kappa shape index (κ2) is 4.77. The minimum atomic E-state index is -0.596. The van der Waals surface area contributed by atoms with Crippen LogP contribution >= 0.6 is 23.2 Å². The van der Waals surface area contributed by atoms with Gasteiger partial charge < -0.3 is 10.5 Å². The number of hydrogen-bond donors (Lipinski definition) is 1. The molecule has 0 saturated heterocycles. The lowest BCUT2D eigenvalue weighted by Crippen LogP contribution is -1.94. The summed E-state index contributed by atoms with van der Waals surface area (Å²) >= 11 is 11.5. The fourth-order valence-corrected chi connectivity index (χ4v) is 1.53. The molecule has 0 aliphatic carbocycles. The van der Waals surface area contributed by atoms with Gasteiger partial charge in [-0.15, -0.1) is 0 Å². The van der Waals surface area contributed by atoms with Crippen LogP contribution in [0.4, 0.5) is 10.1 Å². The fraction of sp³-hybridized carbons (Fsp3) is 0. The molecule has 17 heavy (non-hydrogen) atoms. The maximum absolute atomic E-state index is 13.1.